The summed E-state index contributed by atoms with van der Waals surface area (Å²) in [6.07, 6.45) is 2.34. The van der Waals surface area contributed by atoms with Gasteiger partial charge < -0.3 is 4.74 Å². The highest BCUT2D eigenvalue weighted by atomic mass is 19.1. The number of rotatable bonds is 6. The Morgan fingerprint density at radius 1 is 1.16 bits per heavy atom. The van der Waals surface area contributed by atoms with E-state index in [1.165, 1.54) is 12.1 Å². The Balaban J connectivity index is 1.77. The number of carbonyl (C=O) groups excluding carboxylic acids is 1. The number of halogens is 1. The van der Waals surface area contributed by atoms with Gasteiger partial charge in [0.15, 0.2) is 5.78 Å². The molecule has 3 nitrogen and oxygen atoms in total. The number of pyridine rings is 1. The van der Waals surface area contributed by atoms with E-state index in [9.17, 15) is 9.18 Å². The largest absolute Gasteiger partial charge is 0.373 e. The molecule has 2 rings (SSSR count). The highest BCUT2D eigenvalue weighted by Gasteiger charge is 2.10. The van der Waals surface area contributed by atoms with E-state index in [1.54, 1.807) is 18.3 Å². The quantitative estimate of drug-likeness (QED) is 0.591. The molecule has 0 fully saturated rings. The summed E-state index contributed by atoms with van der Waals surface area (Å²) in [5.74, 6) is -0.861. The SMILES string of the molecule is O=C(COCCc1ccccn1)c1ccccc1F. The standard InChI is InChI=1S/C15H14FNO2/c16-14-7-2-1-6-13(14)15(18)11-19-10-8-12-5-3-4-9-17-12/h1-7,9H,8,10-11H2. The van der Waals surface area contributed by atoms with Gasteiger partial charge in [0.2, 0.25) is 0 Å². The molecular formula is C15H14FNO2. The van der Waals surface area contributed by atoms with E-state index in [0.717, 1.165) is 5.69 Å². The summed E-state index contributed by atoms with van der Waals surface area (Å²) in [6, 6.07) is 11.5. The molecule has 0 spiro atoms. The van der Waals surface area contributed by atoms with Crippen LogP contribution in [0.1, 0.15) is 16.1 Å². The highest BCUT2D eigenvalue weighted by molar-refractivity contribution is 5.97. The summed E-state index contributed by atoms with van der Waals surface area (Å²) in [4.78, 5) is 15.8. The van der Waals surface area contributed by atoms with Gasteiger partial charge in [-0.2, -0.15) is 0 Å². The normalized spacial score (nSPS) is 10.4. The van der Waals surface area contributed by atoms with Crippen LogP contribution in [0.5, 0.6) is 0 Å². The molecule has 4 heteroatoms. The zero-order valence-corrected chi connectivity index (χ0v) is 10.4. The molecule has 0 bridgehead atoms. The molecule has 0 atom stereocenters. The molecule has 0 aliphatic heterocycles. The molecule has 1 aromatic heterocycles. The van der Waals surface area contributed by atoms with Crippen LogP contribution >= 0.6 is 0 Å². The van der Waals surface area contributed by atoms with E-state index in [-0.39, 0.29) is 18.0 Å². The van der Waals surface area contributed by atoms with Crippen LogP contribution in [0.2, 0.25) is 0 Å². The predicted molar refractivity (Wildman–Crippen MR) is 69.5 cm³/mol. The van der Waals surface area contributed by atoms with E-state index in [0.29, 0.717) is 13.0 Å². The Morgan fingerprint density at radius 2 is 1.95 bits per heavy atom. The van der Waals surface area contributed by atoms with Crippen molar-refractivity contribution in [3.05, 3.63) is 65.7 Å². The number of aromatic nitrogens is 1. The molecule has 0 aliphatic rings. The van der Waals surface area contributed by atoms with Gasteiger partial charge in [-0.15, -0.1) is 0 Å². The maximum absolute atomic E-state index is 13.3. The number of nitrogens with zero attached hydrogens (tertiary/aromatic N) is 1. The number of ketones is 1. The molecule has 1 aromatic carbocycles. The third kappa shape index (κ3) is 3.96. The lowest BCUT2D eigenvalue weighted by Crippen LogP contribution is -2.12. The molecule has 0 N–H and O–H groups in total. The fourth-order valence-corrected chi connectivity index (χ4v) is 1.65. The van der Waals surface area contributed by atoms with Crippen LogP contribution in [-0.4, -0.2) is 24.0 Å². The predicted octanol–water partition coefficient (Wildman–Crippen LogP) is 2.66. The topological polar surface area (TPSA) is 39.2 Å². The van der Waals surface area contributed by atoms with Crippen molar-refractivity contribution in [2.75, 3.05) is 13.2 Å². The number of hydrogen-bond donors (Lipinski definition) is 0. The van der Waals surface area contributed by atoms with Crippen molar-refractivity contribution >= 4 is 5.78 Å². The van der Waals surface area contributed by atoms with Gasteiger partial charge in [0.25, 0.3) is 0 Å². The second-order valence-electron chi connectivity index (χ2n) is 4.03. The average Bonchev–Trinajstić information content (AvgIpc) is 2.45. The molecule has 19 heavy (non-hydrogen) atoms. The Morgan fingerprint density at radius 3 is 2.68 bits per heavy atom. The lowest BCUT2D eigenvalue weighted by molar-refractivity contribution is 0.0760. The molecular weight excluding hydrogens is 245 g/mol. The molecule has 98 valence electrons. The maximum atomic E-state index is 13.3. The number of ether oxygens (including phenoxy) is 1. The minimum atomic E-state index is -0.513. The van der Waals surface area contributed by atoms with Gasteiger partial charge in [-0.05, 0) is 24.3 Å². The van der Waals surface area contributed by atoms with E-state index in [2.05, 4.69) is 4.98 Å². The molecule has 0 amide bonds. The van der Waals surface area contributed by atoms with Crippen LogP contribution in [0.15, 0.2) is 48.7 Å². The Bertz CT molecular complexity index is 543. The first-order valence-electron chi connectivity index (χ1n) is 6.03. The smallest absolute Gasteiger partial charge is 0.191 e. The van der Waals surface area contributed by atoms with Crippen molar-refractivity contribution in [2.24, 2.45) is 0 Å². The van der Waals surface area contributed by atoms with Gasteiger partial charge in [0.05, 0.1) is 12.2 Å². The molecule has 1 heterocycles. The van der Waals surface area contributed by atoms with Gasteiger partial charge >= 0.3 is 0 Å². The highest BCUT2D eigenvalue weighted by Crippen LogP contribution is 2.07. The van der Waals surface area contributed by atoms with E-state index in [1.807, 2.05) is 18.2 Å². The van der Waals surface area contributed by atoms with Gasteiger partial charge in [0, 0.05) is 18.3 Å². The van der Waals surface area contributed by atoms with Crippen LogP contribution in [0.3, 0.4) is 0 Å². The summed E-state index contributed by atoms with van der Waals surface area (Å²) in [5.41, 5.74) is 0.973. The molecule has 0 saturated carbocycles. The van der Waals surface area contributed by atoms with E-state index in [4.69, 9.17) is 4.74 Å². The summed E-state index contributed by atoms with van der Waals surface area (Å²) in [5, 5.41) is 0. The first-order chi connectivity index (χ1) is 9.27. The first kappa shape index (κ1) is 13.4. The monoisotopic (exact) mass is 259 g/mol. The lowest BCUT2D eigenvalue weighted by atomic mass is 10.1. The van der Waals surface area contributed by atoms with Crippen molar-refractivity contribution < 1.29 is 13.9 Å². The molecule has 0 saturated heterocycles. The Labute approximate surface area is 111 Å². The van der Waals surface area contributed by atoms with Crippen molar-refractivity contribution in [1.29, 1.82) is 0 Å². The van der Waals surface area contributed by atoms with E-state index < -0.39 is 5.82 Å². The minimum absolute atomic E-state index is 0.0698. The number of benzene rings is 1. The molecule has 0 radical (unpaired) electrons. The summed E-state index contributed by atoms with van der Waals surface area (Å²) in [7, 11) is 0. The van der Waals surface area contributed by atoms with Crippen molar-refractivity contribution in [3.8, 4) is 0 Å². The van der Waals surface area contributed by atoms with Gasteiger partial charge in [-0.3, -0.25) is 9.78 Å². The molecule has 0 aliphatic carbocycles. The van der Waals surface area contributed by atoms with Crippen LogP contribution in [0.25, 0.3) is 0 Å². The first-order valence-corrected chi connectivity index (χ1v) is 6.03. The van der Waals surface area contributed by atoms with Gasteiger partial charge in [-0.1, -0.05) is 18.2 Å². The average molecular weight is 259 g/mol. The zero-order chi connectivity index (χ0) is 13.5. The number of carbonyl (C=O) groups is 1. The van der Waals surface area contributed by atoms with Crippen molar-refractivity contribution in [2.45, 2.75) is 6.42 Å². The van der Waals surface area contributed by atoms with Crippen LogP contribution < -0.4 is 0 Å². The second-order valence-corrected chi connectivity index (χ2v) is 4.03. The van der Waals surface area contributed by atoms with Crippen LogP contribution in [0, 0.1) is 5.82 Å². The van der Waals surface area contributed by atoms with Crippen LogP contribution in [-0.2, 0) is 11.2 Å². The van der Waals surface area contributed by atoms with Crippen molar-refractivity contribution in [3.63, 3.8) is 0 Å². The Hall–Kier alpha value is -2.07. The lowest BCUT2D eigenvalue weighted by Gasteiger charge is -2.04. The van der Waals surface area contributed by atoms with Crippen LogP contribution in [0.4, 0.5) is 4.39 Å². The summed E-state index contributed by atoms with van der Waals surface area (Å²) in [6.45, 7) is 0.269. The fraction of sp³-hybridized carbons (Fsp3) is 0.200. The third-order valence-corrected chi connectivity index (χ3v) is 2.64. The molecule has 2 aromatic rings. The van der Waals surface area contributed by atoms with Crippen molar-refractivity contribution in [1.82, 2.24) is 4.98 Å². The number of Topliss-reactive ketones (excluding diaryl/α,β-unsaturated/α-hetero) is 1. The maximum Gasteiger partial charge on any atom is 0.191 e. The molecule has 0 unspecified atom stereocenters. The van der Waals surface area contributed by atoms with Gasteiger partial charge in [0.1, 0.15) is 12.4 Å². The minimum Gasteiger partial charge on any atom is -0.373 e. The Kier molecular flexibility index (Phi) is 4.75. The number of hydrogen-bond acceptors (Lipinski definition) is 3. The fourth-order valence-electron chi connectivity index (χ4n) is 1.65. The zero-order valence-electron chi connectivity index (χ0n) is 10.4. The second kappa shape index (κ2) is 6.75. The van der Waals surface area contributed by atoms with E-state index >= 15 is 0 Å². The summed E-state index contributed by atoms with van der Waals surface area (Å²) >= 11 is 0. The third-order valence-electron chi connectivity index (χ3n) is 2.64. The summed E-state index contributed by atoms with van der Waals surface area (Å²) < 4.78 is 18.6. The van der Waals surface area contributed by atoms with Gasteiger partial charge in [-0.25, -0.2) is 4.39 Å².